The van der Waals surface area contributed by atoms with Crippen LogP contribution >= 0.6 is 27.5 Å². The molecule has 0 radical (unpaired) electrons. The van der Waals surface area contributed by atoms with Crippen molar-refractivity contribution >= 4 is 68.5 Å². The molecule has 8 aromatic rings. The average molecular weight is 1870 g/mol. The number of benzene rings is 4. The molecule has 0 saturated carbocycles. The number of alkyl halides is 9. The molecule has 16 rings (SSSR count). The second kappa shape index (κ2) is 38.0. The van der Waals surface area contributed by atoms with Crippen LogP contribution in [0, 0.1) is 12.8 Å². The van der Waals surface area contributed by atoms with Crippen molar-refractivity contribution < 1.29 is 88.7 Å². The smallest absolute Gasteiger partial charge is 0.456 e. The first kappa shape index (κ1) is 95.8. The zero-order chi connectivity index (χ0) is 92.8. The topological polar surface area (TPSA) is 202 Å². The Bertz CT molecular complexity index is 5420. The molecule has 1 N–H and O–H groups in total. The Kier molecular flexibility index (Phi) is 28.4. The molecule has 12 heterocycles. The van der Waals surface area contributed by atoms with E-state index in [0.717, 1.165) is 60.8 Å². The molecule has 692 valence electrons. The van der Waals surface area contributed by atoms with Crippen LogP contribution in [0.25, 0.3) is 0 Å². The van der Waals surface area contributed by atoms with Crippen LogP contribution < -0.4 is 19.5 Å². The summed E-state index contributed by atoms with van der Waals surface area (Å²) >= 11 is 9.55. The number of likely N-dealkylation sites (N-methyl/N-ethyl adjacent to an activating group) is 3. The summed E-state index contributed by atoms with van der Waals surface area (Å²) in [5.74, 6) is -1.16. The Morgan fingerprint density at radius 3 is 1.34 bits per heavy atom. The number of hydrogen-bond donors (Lipinski definition) is 1. The van der Waals surface area contributed by atoms with E-state index < -0.39 is 52.4 Å². The Morgan fingerprint density at radius 1 is 0.484 bits per heavy atom. The maximum Gasteiger partial charge on any atom is 0.456 e. The summed E-state index contributed by atoms with van der Waals surface area (Å²) in [6.45, 7) is 25.6. The molecular formula is C95H115BrClF9N12O10. The number of likely N-dealkylation sites (tertiary alicyclic amines) is 4. The van der Waals surface area contributed by atoms with Gasteiger partial charge in [0.2, 0.25) is 0 Å². The Morgan fingerprint density at radius 2 is 0.891 bits per heavy atom. The number of carbonyl (C=O) groups excluding carboxylic acids is 7. The molecule has 8 aliphatic rings. The predicted molar refractivity (Wildman–Crippen MR) is 473 cm³/mol. The number of ether oxygens (including phenoxy) is 3. The van der Waals surface area contributed by atoms with E-state index in [1.807, 2.05) is 125 Å². The SMILES string of the molecule is CC(=O)c1ccc2n1CCN(C)C21CCN(C(=O)c2ccc(OC(C)C)cc2)CC1.CC(C)Cc1ccc(C(=O)N2CCC3(CC2)c2ccc(C(=O)C(F)(F)F)n2CCN3C)cc1.COc1ccc(C(=O)N2CCC3(CC2)NCC(C)n2c(C(=O)C(F)(F)F)ccc23)cc1Cl.Cc1cc(C(=O)N2CCC3(CC2)c2c(Br)cc(C(F)(F)F)n2CCN3C)ccc1OC(C)C.[HH]. The fourth-order valence-electron chi connectivity index (χ4n) is 20.0. The van der Waals surface area contributed by atoms with Crippen LogP contribution in [0.2, 0.25) is 5.02 Å². The highest BCUT2D eigenvalue weighted by molar-refractivity contribution is 9.10. The summed E-state index contributed by atoms with van der Waals surface area (Å²) in [5.41, 5.74) is 5.56. The van der Waals surface area contributed by atoms with Gasteiger partial charge in [0.1, 0.15) is 22.9 Å². The highest BCUT2D eigenvalue weighted by atomic mass is 79.9. The Labute approximate surface area is 755 Å². The Hall–Kier alpha value is -9.73. The van der Waals surface area contributed by atoms with Crippen molar-refractivity contribution in [1.82, 2.24) is 57.9 Å². The zero-order valence-electron chi connectivity index (χ0n) is 74.6. The summed E-state index contributed by atoms with van der Waals surface area (Å²) in [6.07, 6.45) is -8.00. The molecule has 4 fully saturated rings. The Balaban J connectivity index is 0.000000156. The predicted octanol–water partition coefficient (Wildman–Crippen LogP) is 17.9. The van der Waals surface area contributed by atoms with Crippen LogP contribution in [0.5, 0.6) is 17.2 Å². The first-order valence-corrected chi connectivity index (χ1v) is 44.9. The van der Waals surface area contributed by atoms with E-state index in [4.69, 9.17) is 25.8 Å². The van der Waals surface area contributed by atoms with Gasteiger partial charge in [0.15, 0.2) is 5.78 Å². The van der Waals surface area contributed by atoms with E-state index in [0.29, 0.717) is 178 Å². The third kappa shape index (κ3) is 19.4. The fraction of sp³-hybridized carbons (Fsp3) is 0.505. The maximum absolute atomic E-state index is 13.6. The number of carbonyl (C=O) groups is 7. The second-order valence-corrected chi connectivity index (χ2v) is 37.2. The highest BCUT2D eigenvalue weighted by Crippen LogP contribution is 2.50. The molecule has 4 amide bonds. The quantitative estimate of drug-likeness (QED) is 0.0795. The fourth-order valence-corrected chi connectivity index (χ4v) is 21.1. The number of aromatic nitrogens is 4. The van der Waals surface area contributed by atoms with Crippen LogP contribution in [-0.4, -0.2) is 225 Å². The van der Waals surface area contributed by atoms with Gasteiger partial charge in [0, 0.05) is 156 Å². The molecule has 1 unspecified atom stereocenters. The number of ketones is 3. The number of aryl methyl sites for hydroxylation is 1. The summed E-state index contributed by atoms with van der Waals surface area (Å²) in [4.78, 5) is 102. The molecule has 4 spiro atoms. The second-order valence-electron chi connectivity index (χ2n) is 35.9. The molecular weight excluding hydrogens is 1760 g/mol. The lowest BCUT2D eigenvalue weighted by Crippen LogP contribution is -2.57. The standard InChI is InChI=1S/C25H30F3N3O2.C24H29BrF3N3O2.C24H31N3O3.C22H23ClF3N3O3.H2/c1-17(2)16-18-4-6-19(7-5-18)23(33)30-12-10-24(11-13-30)21-9-8-20(22(32)25(26,27)28)31(21)15-14-29(24)3;1-15(2)33-19-6-5-17(13-16(19)3)22(32)30-9-7-23(8-10-30)21-18(25)14-20(24(26,27)28)31(21)12-11-29(23)4;1-17(2)30-20-7-5-19(6-8-20)23(29)26-13-11-24(12-14-26)22-10-9-21(18(3)28)27(22)16-15-25(24)4;1-13-12-27-21(18-6-4-16(29(13)18)19(30)22(24,25)26)7-9-28(10-8-21)20(31)14-3-5-17(32-2)15(23)11-14;/h4-9,17H,10-16H2,1-3H3;5-6,13-15H,7-12H2,1-4H3;5-10,17H,11-16H2,1-4H3;3-6,11,13,27H,7-10,12H2,1-2H3;1H. The monoisotopic (exact) mass is 1870 g/mol. The summed E-state index contributed by atoms with van der Waals surface area (Å²) in [7, 11) is 7.58. The van der Waals surface area contributed by atoms with Crippen LogP contribution in [-0.2, 0) is 54.4 Å². The number of nitrogens with zero attached hydrogens (tertiary/aromatic N) is 11. The molecule has 8 aliphatic heterocycles. The summed E-state index contributed by atoms with van der Waals surface area (Å²) < 4.78 is 143. The molecule has 33 heteroatoms. The van der Waals surface area contributed by atoms with Crippen LogP contribution in [0.1, 0.15) is 227 Å². The zero-order valence-corrected chi connectivity index (χ0v) is 76.9. The molecule has 1 atom stereocenters. The number of amides is 4. The van der Waals surface area contributed by atoms with Gasteiger partial charge < -0.3 is 57.4 Å². The number of hydrogen-bond acceptors (Lipinski definition) is 14. The van der Waals surface area contributed by atoms with E-state index in [1.165, 1.54) is 50.3 Å². The van der Waals surface area contributed by atoms with Gasteiger partial charge in [-0.1, -0.05) is 37.6 Å². The van der Waals surface area contributed by atoms with Crippen LogP contribution in [0.15, 0.2) is 132 Å². The third-order valence-electron chi connectivity index (χ3n) is 26.8. The molecule has 0 bridgehead atoms. The van der Waals surface area contributed by atoms with Gasteiger partial charge in [0.05, 0.1) is 69.3 Å². The summed E-state index contributed by atoms with van der Waals surface area (Å²) in [5, 5.41) is 3.81. The minimum atomic E-state index is -4.93. The third-order valence-corrected chi connectivity index (χ3v) is 27.7. The number of halogens is 11. The lowest BCUT2D eigenvalue weighted by molar-refractivity contribution is -0.144. The lowest BCUT2D eigenvalue weighted by atomic mass is 9.81. The number of rotatable bonds is 14. The molecule has 0 aliphatic carbocycles. The first-order valence-electron chi connectivity index (χ1n) is 43.7. The largest absolute Gasteiger partial charge is 0.495 e. The van der Waals surface area contributed by atoms with E-state index in [-0.39, 0.29) is 66.0 Å². The van der Waals surface area contributed by atoms with Crippen molar-refractivity contribution in [2.45, 2.75) is 199 Å². The van der Waals surface area contributed by atoms with Crippen molar-refractivity contribution in [2.24, 2.45) is 5.92 Å². The van der Waals surface area contributed by atoms with Gasteiger partial charge in [-0.25, -0.2) is 0 Å². The van der Waals surface area contributed by atoms with Gasteiger partial charge in [-0.05, 0) is 269 Å². The normalized spacial score (nSPS) is 19.0. The number of methoxy groups -OCH3 is 1. The molecule has 4 aromatic carbocycles. The van der Waals surface area contributed by atoms with Crippen molar-refractivity contribution in [1.29, 1.82) is 0 Å². The number of piperidine rings is 4. The molecule has 128 heavy (non-hydrogen) atoms. The van der Waals surface area contributed by atoms with Gasteiger partial charge in [-0.2, -0.15) is 39.5 Å². The van der Waals surface area contributed by atoms with Crippen LogP contribution in [0.3, 0.4) is 0 Å². The summed E-state index contributed by atoms with van der Waals surface area (Å²) in [6, 6.07) is 36.2. The number of Topliss-reactive ketones (excluding diaryl/α,β-unsaturated/α-hetero) is 3. The highest BCUT2D eigenvalue weighted by Gasteiger charge is 2.53. The van der Waals surface area contributed by atoms with Crippen LogP contribution in [0.4, 0.5) is 39.5 Å². The van der Waals surface area contributed by atoms with Gasteiger partial charge in [0.25, 0.3) is 35.2 Å². The van der Waals surface area contributed by atoms with E-state index in [2.05, 4.69) is 67.5 Å². The van der Waals surface area contributed by atoms with Gasteiger partial charge in [-0.15, -0.1) is 0 Å². The molecule has 4 aromatic heterocycles. The number of fused-ring (bicyclic) bond motifs is 8. The molecule has 4 saturated heterocycles. The van der Waals surface area contributed by atoms with Crippen molar-refractivity contribution in [2.75, 3.05) is 107 Å². The van der Waals surface area contributed by atoms with Crippen molar-refractivity contribution in [3.05, 3.63) is 216 Å². The first-order chi connectivity index (χ1) is 60.3. The molecule has 22 nitrogen and oxygen atoms in total. The van der Waals surface area contributed by atoms with E-state index in [9.17, 15) is 73.1 Å². The maximum atomic E-state index is 13.6. The van der Waals surface area contributed by atoms with Crippen molar-refractivity contribution in [3.63, 3.8) is 0 Å². The number of nitrogens with one attached hydrogen (secondary N) is 1. The minimum absolute atomic E-state index is 0. The van der Waals surface area contributed by atoms with Gasteiger partial charge >= 0.3 is 18.5 Å². The van der Waals surface area contributed by atoms with Gasteiger partial charge in [-0.3, -0.25) is 48.3 Å². The van der Waals surface area contributed by atoms with E-state index >= 15 is 0 Å². The lowest BCUT2D eigenvalue weighted by Gasteiger charge is -2.51. The average Bonchev–Trinajstić information content (AvgIpc) is 1.60. The van der Waals surface area contributed by atoms with Crippen molar-refractivity contribution in [3.8, 4) is 17.2 Å². The minimum Gasteiger partial charge on any atom is -0.495 e. The van der Waals surface area contributed by atoms with E-state index in [1.54, 1.807) is 60.0 Å².